The topological polar surface area (TPSA) is 23.6 Å². The number of thiophene rings is 1. The van der Waals surface area contributed by atoms with E-state index in [1.165, 1.54) is 25.7 Å². The third-order valence-corrected chi connectivity index (χ3v) is 5.69. The average molecular weight is 292 g/mol. The van der Waals surface area contributed by atoms with E-state index >= 15 is 0 Å². The molecule has 0 radical (unpaired) electrons. The van der Waals surface area contributed by atoms with E-state index in [0.717, 1.165) is 43.0 Å². The molecule has 1 aromatic rings. The molecule has 2 aliphatic rings. The molecule has 0 N–H and O–H groups in total. The number of carbonyl (C=O) groups excluding carboxylic acids is 1. The summed E-state index contributed by atoms with van der Waals surface area (Å²) >= 11 is 1.55. The SMILES string of the molecule is CC1CCC(N2CCN(C(=O)c3cccs3)CC2)CC1. The molecule has 0 spiro atoms. The normalized spacial score (nSPS) is 28.6. The first-order chi connectivity index (χ1) is 9.74. The van der Waals surface area contributed by atoms with Crippen LogP contribution in [0.1, 0.15) is 42.3 Å². The number of hydrogen-bond acceptors (Lipinski definition) is 3. The molecule has 2 heterocycles. The maximum atomic E-state index is 12.3. The second kappa shape index (κ2) is 6.27. The quantitative estimate of drug-likeness (QED) is 0.836. The molecule has 1 aliphatic carbocycles. The van der Waals surface area contributed by atoms with E-state index in [9.17, 15) is 4.79 Å². The van der Waals surface area contributed by atoms with Gasteiger partial charge in [0, 0.05) is 32.2 Å². The van der Waals surface area contributed by atoms with Crippen molar-refractivity contribution in [1.29, 1.82) is 0 Å². The predicted octanol–water partition coefficient (Wildman–Crippen LogP) is 3.08. The van der Waals surface area contributed by atoms with Crippen LogP contribution in [0.4, 0.5) is 0 Å². The highest BCUT2D eigenvalue weighted by Gasteiger charge is 2.28. The lowest BCUT2D eigenvalue weighted by Gasteiger charge is -2.41. The zero-order chi connectivity index (χ0) is 13.9. The first kappa shape index (κ1) is 14.1. The van der Waals surface area contributed by atoms with Gasteiger partial charge < -0.3 is 4.90 Å². The summed E-state index contributed by atoms with van der Waals surface area (Å²) in [6.07, 6.45) is 5.44. The second-order valence-corrected chi connectivity index (χ2v) is 7.17. The molecule has 1 aliphatic heterocycles. The lowest BCUT2D eigenvalue weighted by Crippen LogP contribution is -2.52. The molecule has 20 heavy (non-hydrogen) atoms. The Hall–Kier alpha value is -0.870. The van der Waals surface area contributed by atoms with Crippen molar-refractivity contribution in [2.24, 2.45) is 5.92 Å². The van der Waals surface area contributed by atoms with Crippen LogP contribution < -0.4 is 0 Å². The van der Waals surface area contributed by atoms with E-state index < -0.39 is 0 Å². The van der Waals surface area contributed by atoms with Gasteiger partial charge in [-0.3, -0.25) is 9.69 Å². The number of rotatable bonds is 2. The Morgan fingerprint density at radius 2 is 1.85 bits per heavy atom. The first-order valence-corrected chi connectivity index (χ1v) is 8.69. The summed E-state index contributed by atoms with van der Waals surface area (Å²) in [7, 11) is 0. The summed E-state index contributed by atoms with van der Waals surface area (Å²) in [5.41, 5.74) is 0. The Labute approximate surface area is 125 Å². The van der Waals surface area contributed by atoms with Crippen molar-refractivity contribution in [3.8, 4) is 0 Å². The molecule has 1 aromatic heterocycles. The van der Waals surface area contributed by atoms with Gasteiger partial charge in [0.25, 0.3) is 5.91 Å². The fourth-order valence-electron chi connectivity index (χ4n) is 3.45. The minimum atomic E-state index is 0.219. The maximum Gasteiger partial charge on any atom is 0.264 e. The zero-order valence-corrected chi connectivity index (χ0v) is 13.1. The Balaban J connectivity index is 1.51. The van der Waals surface area contributed by atoms with Gasteiger partial charge in [0.05, 0.1) is 4.88 Å². The molecule has 0 aromatic carbocycles. The number of nitrogens with zero attached hydrogens (tertiary/aromatic N) is 2. The van der Waals surface area contributed by atoms with Gasteiger partial charge in [-0.05, 0) is 43.0 Å². The van der Waals surface area contributed by atoms with E-state index in [0.29, 0.717) is 0 Å². The summed E-state index contributed by atoms with van der Waals surface area (Å²) in [4.78, 5) is 17.8. The maximum absolute atomic E-state index is 12.3. The predicted molar refractivity (Wildman–Crippen MR) is 83.2 cm³/mol. The van der Waals surface area contributed by atoms with Crippen LogP contribution in [-0.2, 0) is 0 Å². The van der Waals surface area contributed by atoms with Crippen molar-refractivity contribution < 1.29 is 4.79 Å². The standard InChI is InChI=1S/C16H24N2OS/c1-13-4-6-14(7-5-13)17-8-10-18(11-9-17)16(19)15-3-2-12-20-15/h2-3,12-14H,4-11H2,1H3. The van der Waals surface area contributed by atoms with Gasteiger partial charge in [-0.25, -0.2) is 0 Å². The molecule has 1 amide bonds. The highest BCUT2D eigenvalue weighted by molar-refractivity contribution is 7.12. The second-order valence-electron chi connectivity index (χ2n) is 6.22. The van der Waals surface area contributed by atoms with Crippen LogP contribution in [0.15, 0.2) is 17.5 Å². The number of piperazine rings is 1. The summed E-state index contributed by atoms with van der Waals surface area (Å²) in [6.45, 7) is 6.26. The lowest BCUT2D eigenvalue weighted by atomic mass is 9.86. The molecule has 2 fully saturated rings. The fourth-order valence-corrected chi connectivity index (χ4v) is 4.14. The van der Waals surface area contributed by atoms with Gasteiger partial charge >= 0.3 is 0 Å². The number of amides is 1. The van der Waals surface area contributed by atoms with E-state index in [1.54, 1.807) is 11.3 Å². The van der Waals surface area contributed by atoms with Crippen molar-refractivity contribution in [3.63, 3.8) is 0 Å². The van der Waals surface area contributed by atoms with Crippen LogP contribution in [0.2, 0.25) is 0 Å². The van der Waals surface area contributed by atoms with Crippen molar-refractivity contribution >= 4 is 17.2 Å². The average Bonchev–Trinajstić information content (AvgIpc) is 3.02. The van der Waals surface area contributed by atoms with E-state index in [1.807, 2.05) is 22.4 Å². The number of carbonyl (C=O) groups is 1. The van der Waals surface area contributed by atoms with E-state index in [-0.39, 0.29) is 5.91 Å². The Bertz CT molecular complexity index is 429. The van der Waals surface area contributed by atoms with Crippen LogP contribution in [0.3, 0.4) is 0 Å². The highest BCUT2D eigenvalue weighted by atomic mass is 32.1. The smallest absolute Gasteiger partial charge is 0.264 e. The Morgan fingerprint density at radius 1 is 1.15 bits per heavy atom. The molecule has 1 saturated carbocycles. The van der Waals surface area contributed by atoms with E-state index in [2.05, 4.69) is 11.8 Å². The summed E-state index contributed by atoms with van der Waals surface area (Å²) in [5.74, 6) is 1.13. The van der Waals surface area contributed by atoms with Gasteiger partial charge in [-0.1, -0.05) is 13.0 Å². The molecule has 1 saturated heterocycles. The summed E-state index contributed by atoms with van der Waals surface area (Å²) in [6, 6.07) is 4.66. The summed E-state index contributed by atoms with van der Waals surface area (Å²) < 4.78 is 0. The molecule has 110 valence electrons. The van der Waals surface area contributed by atoms with Gasteiger partial charge in [0.15, 0.2) is 0 Å². The van der Waals surface area contributed by atoms with Gasteiger partial charge in [-0.15, -0.1) is 11.3 Å². The largest absolute Gasteiger partial charge is 0.335 e. The molecule has 3 rings (SSSR count). The van der Waals surface area contributed by atoms with Gasteiger partial charge in [0.2, 0.25) is 0 Å². The molecular weight excluding hydrogens is 268 g/mol. The Kier molecular flexibility index (Phi) is 4.41. The fraction of sp³-hybridized carbons (Fsp3) is 0.688. The van der Waals surface area contributed by atoms with Crippen molar-refractivity contribution in [1.82, 2.24) is 9.80 Å². The monoisotopic (exact) mass is 292 g/mol. The van der Waals surface area contributed by atoms with Crippen LogP contribution in [0.25, 0.3) is 0 Å². The molecule has 4 heteroatoms. The summed E-state index contributed by atoms with van der Waals surface area (Å²) in [5, 5.41) is 1.98. The third kappa shape index (κ3) is 3.07. The van der Waals surface area contributed by atoms with Crippen molar-refractivity contribution in [2.75, 3.05) is 26.2 Å². The Morgan fingerprint density at radius 3 is 2.45 bits per heavy atom. The number of hydrogen-bond donors (Lipinski definition) is 0. The van der Waals surface area contributed by atoms with Gasteiger partial charge in [0.1, 0.15) is 0 Å². The first-order valence-electron chi connectivity index (χ1n) is 7.81. The highest BCUT2D eigenvalue weighted by Crippen LogP contribution is 2.27. The molecule has 3 nitrogen and oxygen atoms in total. The minimum Gasteiger partial charge on any atom is -0.335 e. The van der Waals surface area contributed by atoms with Crippen molar-refractivity contribution in [3.05, 3.63) is 22.4 Å². The zero-order valence-electron chi connectivity index (χ0n) is 12.3. The molecule has 0 unspecified atom stereocenters. The van der Waals surface area contributed by atoms with Crippen LogP contribution >= 0.6 is 11.3 Å². The van der Waals surface area contributed by atoms with Crippen LogP contribution in [-0.4, -0.2) is 47.9 Å². The van der Waals surface area contributed by atoms with Gasteiger partial charge in [-0.2, -0.15) is 0 Å². The van der Waals surface area contributed by atoms with Crippen LogP contribution in [0, 0.1) is 5.92 Å². The lowest BCUT2D eigenvalue weighted by molar-refractivity contribution is 0.0505. The molecule has 0 atom stereocenters. The third-order valence-electron chi connectivity index (χ3n) is 4.84. The minimum absolute atomic E-state index is 0.219. The van der Waals surface area contributed by atoms with Crippen LogP contribution in [0.5, 0.6) is 0 Å². The van der Waals surface area contributed by atoms with E-state index in [4.69, 9.17) is 0 Å². The molecular formula is C16H24N2OS. The van der Waals surface area contributed by atoms with Crippen molar-refractivity contribution in [2.45, 2.75) is 38.6 Å². The molecule has 0 bridgehead atoms.